The number of hydrogen-bond acceptors (Lipinski definition) is 4. The predicted molar refractivity (Wildman–Crippen MR) is 68.6 cm³/mol. The Morgan fingerprint density at radius 3 is 2.11 bits per heavy atom. The van der Waals surface area contributed by atoms with Crippen molar-refractivity contribution >= 4 is 18.0 Å². The number of nitrogens with one attached hydrogen (secondary N) is 2. The van der Waals surface area contributed by atoms with Gasteiger partial charge in [-0.25, -0.2) is 14.4 Å². The van der Waals surface area contributed by atoms with Crippen LogP contribution in [0, 0.1) is 5.41 Å². The Morgan fingerprint density at radius 1 is 1.21 bits per heavy atom. The third kappa shape index (κ3) is 6.08. The van der Waals surface area contributed by atoms with E-state index >= 15 is 0 Å². The van der Waals surface area contributed by atoms with E-state index in [1.807, 2.05) is 0 Å². The third-order valence-electron chi connectivity index (χ3n) is 2.38. The Kier molecular flexibility index (Phi) is 6.31. The van der Waals surface area contributed by atoms with Crippen LogP contribution in [0.1, 0.15) is 34.6 Å². The van der Waals surface area contributed by atoms with E-state index in [1.165, 1.54) is 6.92 Å². The molecule has 3 N–H and O–H groups in total. The summed E-state index contributed by atoms with van der Waals surface area (Å²) in [6, 6.07) is -2.61. The van der Waals surface area contributed by atoms with Gasteiger partial charge in [0, 0.05) is 0 Å². The number of hydrogen-bond donors (Lipinski definition) is 3. The Labute approximate surface area is 112 Å². The number of amides is 2. The molecule has 0 heterocycles. The summed E-state index contributed by atoms with van der Waals surface area (Å²) < 4.78 is 4.73. The van der Waals surface area contributed by atoms with E-state index in [-0.39, 0.29) is 6.61 Å². The maximum atomic E-state index is 11.6. The zero-order valence-corrected chi connectivity index (χ0v) is 11.9. The first kappa shape index (κ1) is 17.2. The van der Waals surface area contributed by atoms with Crippen LogP contribution in [-0.4, -0.2) is 41.8 Å². The lowest BCUT2D eigenvalue weighted by Crippen LogP contribution is -2.54. The van der Waals surface area contributed by atoms with E-state index in [1.54, 1.807) is 27.7 Å². The van der Waals surface area contributed by atoms with Gasteiger partial charge in [-0.2, -0.15) is 0 Å². The normalized spacial score (nSPS) is 14.2. The summed E-state index contributed by atoms with van der Waals surface area (Å²) in [6.45, 7) is 8.42. The number of esters is 1. The molecule has 0 aliphatic carbocycles. The highest BCUT2D eigenvalue weighted by Gasteiger charge is 2.33. The molecule has 0 aliphatic heterocycles. The van der Waals surface area contributed by atoms with Crippen molar-refractivity contribution in [3.05, 3.63) is 0 Å². The van der Waals surface area contributed by atoms with Gasteiger partial charge in [-0.05, 0) is 19.3 Å². The molecule has 7 nitrogen and oxygen atoms in total. The van der Waals surface area contributed by atoms with Crippen molar-refractivity contribution in [1.29, 1.82) is 0 Å². The van der Waals surface area contributed by atoms with Crippen molar-refractivity contribution in [2.24, 2.45) is 5.41 Å². The highest BCUT2D eigenvalue weighted by Crippen LogP contribution is 2.19. The monoisotopic (exact) mass is 274 g/mol. The lowest BCUT2D eigenvalue weighted by atomic mass is 9.87. The van der Waals surface area contributed by atoms with Gasteiger partial charge in [0.2, 0.25) is 0 Å². The first-order chi connectivity index (χ1) is 8.59. The fraction of sp³-hybridized carbons (Fsp3) is 0.750. The van der Waals surface area contributed by atoms with Crippen molar-refractivity contribution in [2.45, 2.75) is 46.7 Å². The van der Waals surface area contributed by atoms with E-state index in [2.05, 4.69) is 10.6 Å². The van der Waals surface area contributed by atoms with E-state index in [4.69, 9.17) is 9.84 Å². The first-order valence-corrected chi connectivity index (χ1v) is 6.06. The Hall–Kier alpha value is -1.79. The lowest BCUT2D eigenvalue weighted by Gasteiger charge is -2.28. The van der Waals surface area contributed by atoms with Crippen LogP contribution in [0.5, 0.6) is 0 Å². The second-order valence-corrected chi connectivity index (χ2v) is 5.23. The minimum atomic E-state index is -1.13. The summed E-state index contributed by atoms with van der Waals surface area (Å²) >= 11 is 0. The summed E-state index contributed by atoms with van der Waals surface area (Å²) in [5.41, 5.74) is -0.643. The maximum Gasteiger partial charge on any atom is 0.328 e. The van der Waals surface area contributed by atoms with E-state index in [9.17, 15) is 14.4 Å². The van der Waals surface area contributed by atoms with Gasteiger partial charge in [0.15, 0.2) is 0 Å². The molecule has 19 heavy (non-hydrogen) atoms. The van der Waals surface area contributed by atoms with Crippen LogP contribution in [0.4, 0.5) is 4.79 Å². The molecule has 0 aromatic rings. The highest BCUT2D eigenvalue weighted by molar-refractivity contribution is 5.86. The van der Waals surface area contributed by atoms with Crippen molar-refractivity contribution in [2.75, 3.05) is 6.61 Å². The minimum Gasteiger partial charge on any atom is -0.480 e. The molecule has 0 bridgehead atoms. The molecule has 0 rings (SSSR count). The third-order valence-corrected chi connectivity index (χ3v) is 2.38. The van der Waals surface area contributed by atoms with Gasteiger partial charge in [0.05, 0.1) is 6.61 Å². The second-order valence-electron chi connectivity index (χ2n) is 5.23. The van der Waals surface area contributed by atoms with Gasteiger partial charge in [-0.1, -0.05) is 20.8 Å². The van der Waals surface area contributed by atoms with Gasteiger partial charge < -0.3 is 20.5 Å². The van der Waals surface area contributed by atoms with Crippen LogP contribution in [-0.2, 0) is 14.3 Å². The largest absolute Gasteiger partial charge is 0.480 e. The Balaban J connectivity index is 4.52. The predicted octanol–water partition coefficient (Wildman–Crippen LogP) is 0.737. The number of aliphatic carboxylic acids is 1. The first-order valence-electron chi connectivity index (χ1n) is 6.06. The molecular formula is C12H22N2O5. The van der Waals surface area contributed by atoms with E-state index < -0.39 is 35.5 Å². The Bertz CT molecular complexity index is 349. The van der Waals surface area contributed by atoms with Crippen molar-refractivity contribution < 1.29 is 24.2 Å². The Morgan fingerprint density at radius 2 is 1.74 bits per heavy atom. The van der Waals surface area contributed by atoms with Crippen LogP contribution in [0.25, 0.3) is 0 Å². The minimum absolute atomic E-state index is 0.214. The van der Waals surface area contributed by atoms with Crippen molar-refractivity contribution in [3.63, 3.8) is 0 Å². The summed E-state index contributed by atoms with van der Waals surface area (Å²) in [4.78, 5) is 34.0. The molecule has 2 amide bonds. The SMILES string of the molecule is CCOC(=O)C(C)NC(=O)NC(C(=O)O)C(C)(C)C. The molecule has 0 fully saturated rings. The molecule has 2 unspecified atom stereocenters. The van der Waals surface area contributed by atoms with Crippen molar-refractivity contribution in [1.82, 2.24) is 10.6 Å². The molecule has 7 heteroatoms. The standard InChI is InChI=1S/C12H22N2O5/c1-6-19-10(17)7(2)13-11(18)14-8(9(15)16)12(3,4)5/h7-8H,6H2,1-5H3,(H,15,16)(H2,13,14,18). The highest BCUT2D eigenvalue weighted by atomic mass is 16.5. The molecule has 2 atom stereocenters. The number of rotatable bonds is 5. The van der Waals surface area contributed by atoms with Crippen molar-refractivity contribution in [3.8, 4) is 0 Å². The second kappa shape index (κ2) is 6.96. The molecule has 0 saturated carbocycles. The molecule has 0 spiro atoms. The molecular weight excluding hydrogens is 252 g/mol. The number of carbonyl (C=O) groups excluding carboxylic acids is 2. The number of urea groups is 1. The fourth-order valence-corrected chi connectivity index (χ4v) is 1.34. The van der Waals surface area contributed by atoms with Crippen LogP contribution in [0.2, 0.25) is 0 Å². The fourth-order valence-electron chi connectivity index (χ4n) is 1.34. The lowest BCUT2D eigenvalue weighted by molar-refractivity contribution is -0.144. The van der Waals surface area contributed by atoms with E-state index in [0.717, 1.165) is 0 Å². The van der Waals surface area contributed by atoms with Gasteiger partial charge in [0.1, 0.15) is 12.1 Å². The summed E-state index contributed by atoms with van der Waals surface area (Å²) in [5.74, 6) is -1.70. The average molecular weight is 274 g/mol. The van der Waals surface area contributed by atoms with Gasteiger partial charge in [-0.3, -0.25) is 0 Å². The number of carbonyl (C=O) groups is 3. The molecule has 0 aromatic carbocycles. The van der Waals surface area contributed by atoms with E-state index in [0.29, 0.717) is 0 Å². The zero-order valence-electron chi connectivity index (χ0n) is 11.9. The quantitative estimate of drug-likeness (QED) is 0.641. The van der Waals surface area contributed by atoms with Crippen LogP contribution >= 0.6 is 0 Å². The topological polar surface area (TPSA) is 105 Å². The van der Waals surface area contributed by atoms with Gasteiger partial charge in [0.25, 0.3) is 0 Å². The average Bonchev–Trinajstić information content (AvgIpc) is 2.24. The number of carboxylic acids is 1. The zero-order chi connectivity index (χ0) is 15.2. The molecule has 0 aromatic heterocycles. The van der Waals surface area contributed by atoms with Gasteiger partial charge in [-0.15, -0.1) is 0 Å². The number of carboxylic acid groups (broad SMARTS) is 1. The summed E-state index contributed by atoms with van der Waals surface area (Å²) in [5, 5.41) is 13.7. The molecule has 0 aliphatic rings. The molecule has 110 valence electrons. The smallest absolute Gasteiger partial charge is 0.328 e. The van der Waals surface area contributed by atoms with Gasteiger partial charge >= 0.3 is 18.0 Å². The maximum absolute atomic E-state index is 11.6. The van der Waals surface area contributed by atoms with Crippen LogP contribution in [0.3, 0.4) is 0 Å². The summed E-state index contributed by atoms with van der Waals surface area (Å²) in [6.07, 6.45) is 0. The van der Waals surface area contributed by atoms with Crippen LogP contribution < -0.4 is 10.6 Å². The summed E-state index contributed by atoms with van der Waals surface area (Å²) in [7, 11) is 0. The number of ether oxygens (including phenoxy) is 1. The van der Waals surface area contributed by atoms with Crippen LogP contribution in [0.15, 0.2) is 0 Å². The molecule has 0 radical (unpaired) electrons. The molecule has 0 saturated heterocycles.